The van der Waals surface area contributed by atoms with Crippen molar-refractivity contribution in [2.45, 2.75) is 19.3 Å². The summed E-state index contributed by atoms with van der Waals surface area (Å²) in [5.41, 5.74) is 5.39. The zero-order valence-electron chi connectivity index (χ0n) is 17.2. The molecular weight excluding hydrogens is 388 g/mol. The molecule has 2 heterocycles. The number of carbonyl (C=O) groups is 2. The van der Waals surface area contributed by atoms with Crippen molar-refractivity contribution in [1.82, 2.24) is 4.98 Å². The Balaban J connectivity index is 1.64. The number of benzene rings is 2. The topological polar surface area (TPSA) is 62.4 Å². The monoisotopic (exact) mass is 410 g/mol. The molecule has 3 aromatic rings. The molecule has 0 bridgehead atoms. The molecule has 1 unspecified atom stereocenters. The summed E-state index contributed by atoms with van der Waals surface area (Å²) < 4.78 is 5.36. The van der Waals surface area contributed by atoms with Crippen LogP contribution in [0.5, 0.6) is 5.75 Å². The van der Waals surface area contributed by atoms with Crippen molar-refractivity contribution in [3.05, 3.63) is 89.2 Å². The van der Waals surface area contributed by atoms with Gasteiger partial charge in [0.2, 0.25) is 0 Å². The van der Waals surface area contributed by atoms with E-state index >= 15 is 0 Å². The van der Waals surface area contributed by atoms with Gasteiger partial charge in [-0.15, -0.1) is 0 Å². The molecule has 1 aliphatic carbocycles. The zero-order chi connectivity index (χ0) is 21.4. The van der Waals surface area contributed by atoms with E-state index in [0.29, 0.717) is 30.9 Å². The lowest BCUT2D eigenvalue weighted by molar-refractivity contribution is -0.120. The smallest absolute Gasteiger partial charge is 0.298 e. The van der Waals surface area contributed by atoms with Crippen LogP contribution in [0.4, 0.5) is 5.69 Å². The molecule has 0 saturated heterocycles. The second-order valence-corrected chi connectivity index (χ2v) is 7.88. The summed E-state index contributed by atoms with van der Waals surface area (Å²) >= 11 is 0. The van der Waals surface area contributed by atoms with Crippen LogP contribution < -0.4 is 9.64 Å². The average Bonchev–Trinajstić information content (AvgIpc) is 3.37. The third-order valence-corrected chi connectivity index (χ3v) is 5.93. The maximum absolute atomic E-state index is 13.5. The zero-order valence-corrected chi connectivity index (χ0v) is 17.2. The summed E-state index contributed by atoms with van der Waals surface area (Å²) in [6, 6.07) is 11.6. The second kappa shape index (κ2) is 7.76. The number of para-hydroxylation sites is 1. The average molecular weight is 410 g/mol. The van der Waals surface area contributed by atoms with Crippen LogP contribution in [0.25, 0.3) is 17.0 Å². The van der Waals surface area contributed by atoms with E-state index in [1.165, 1.54) is 0 Å². The molecule has 31 heavy (non-hydrogen) atoms. The fourth-order valence-corrected chi connectivity index (χ4v) is 4.59. The van der Waals surface area contributed by atoms with Gasteiger partial charge in [-0.1, -0.05) is 61.6 Å². The first kappa shape index (κ1) is 19.1. The molecule has 0 spiro atoms. The number of amides is 1. The Morgan fingerprint density at radius 2 is 2.00 bits per heavy atom. The summed E-state index contributed by atoms with van der Waals surface area (Å²) in [5.74, 6) is 0.541. The number of aromatic amines is 1. The lowest BCUT2D eigenvalue weighted by Crippen LogP contribution is -2.29. The van der Waals surface area contributed by atoms with E-state index in [-0.39, 0.29) is 11.8 Å². The Bertz CT molecular complexity index is 1250. The number of nitrogens with zero attached hydrogens (tertiary/aromatic N) is 1. The fraction of sp³-hybridized carbons (Fsp3) is 0.154. The van der Waals surface area contributed by atoms with Gasteiger partial charge < -0.3 is 14.6 Å². The third kappa shape index (κ3) is 3.28. The van der Waals surface area contributed by atoms with E-state index in [4.69, 9.17) is 4.74 Å². The molecule has 5 nitrogen and oxygen atoms in total. The summed E-state index contributed by atoms with van der Waals surface area (Å²) in [6.45, 7) is 3.15. The fourth-order valence-electron chi connectivity index (χ4n) is 4.59. The van der Waals surface area contributed by atoms with Gasteiger partial charge in [0.1, 0.15) is 11.4 Å². The van der Waals surface area contributed by atoms with Crippen molar-refractivity contribution >= 4 is 35.0 Å². The summed E-state index contributed by atoms with van der Waals surface area (Å²) in [6.07, 6.45) is 12.6. The molecule has 5 rings (SSSR count). The van der Waals surface area contributed by atoms with Crippen LogP contribution >= 0.6 is 0 Å². The Morgan fingerprint density at radius 1 is 1.16 bits per heavy atom. The Morgan fingerprint density at radius 3 is 2.84 bits per heavy atom. The first-order valence-electron chi connectivity index (χ1n) is 10.4. The minimum atomic E-state index is -0.0883. The molecule has 1 amide bonds. The molecule has 1 aliphatic heterocycles. The molecule has 1 atom stereocenters. The van der Waals surface area contributed by atoms with E-state index < -0.39 is 0 Å². The lowest BCUT2D eigenvalue weighted by atomic mass is 9.90. The van der Waals surface area contributed by atoms with E-state index in [9.17, 15) is 9.59 Å². The number of H-pyrrole nitrogens is 1. The number of nitrogens with one attached hydrogen (secondary N) is 1. The summed E-state index contributed by atoms with van der Waals surface area (Å²) in [7, 11) is 0. The molecule has 5 heteroatoms. The normalized spacial score (nSPS) is 20.2. The number of rotatable bonds is 3. The van der Waals surface area contributed by atoms with Gasteiger partial charge in [-0.3, -0.25) is 9.59 Å². The van der Waals surface area contributed by atoms with Gasteiger partial charge in [0.15, 0.2) is 0 Å². The highest BCUT2D eigenvalue weighted by Gasteiger charge is 2.35. The van der Waals surface area contributed by atoms with Crippen LogP contribution in [0.15, 0.2) is 66.8 Å². The quantitative estimate of drug-likeness (QED) is 0.608. The standard InChI is InChI=1S/C26H22N2O3/c1-17-15-28(26(30)22-13-18-9-7-8-12-21(18)27-22)23-14-24(31-16-29)19-10-5-3-2-4-6-11-20(19)25(17)23/h2-10,12-14,16-17,27H,11,15H2,1H3/b3-2-,6-4-,10-5-. The van der Waals surface area contributed by atoms with E-state index in [0.717, 1.165) is 33.3 Å². The van der Waals surface area contributed by atoms with Gasteiger partial charge in [-0.25, -0.2) is 0 Å². The van der Waals surface area contributed by atoms with Crippen molar-refractivity contribution in [3.8, 4) is 5.75 Å². The summed E-state index contributed by atoms with van der Waals surface area (Å²) in [4.78, 5) is 29.7. The van der Waals surface area contributed by atoms with E-state index in [1.807, 2.05) is 66.8 Å². The SMILES string of the molecule is CC1CN(C(=O)c2cc3ccccc3[nH]2)c2cc(OC=O)c3c(c21)C\C=C/C=C\C=C/3. The van der Waals surface area contributed by atoms with E-state index in [2.05, 4.69) is 18.0 Å². The van der Waals surface area contributed by atoms with Crippen molar-refractivity contribution in [1.29, 1.82) is 0 Å². The minimum Gasteiger partial charge on any atom is -0.428 e. The number of carbonyl (C=O) groups excluding carboxylic acids is 2. The first-order chi connectivity index (χ1) is 15.2. The molecule has 154 valence electrons. The predicted molar refractivity (Wildman–Crippen MR) is 123 cm³/mol. The van der Waals surface area contributed by atoms with Crippen molar-refractivity contribution in [3.63, 3.8) is 0 Å². The van der Waals surface area contributed by atoms with Crippen LogP contribution in [-0.2, 0) is 11.2 Å². The van der Waals surface area contributed by atoms with Crippen LogP contribution in [0.1, 0.15) is 40.0 Å². The predicted octanol–water partition coefficient (Wildman–Crippen LogP) is 5.15. The molecule has 0 fully saturated rings. The highest BCUT2D eigenvalue weighted by atomic mass is 16.5. The lowest BCUT2D eigenvalue weighted by Gasteiger charge is -2.20. The molecule has 0 radical (unpaired) electrons. The Kier molecular flexibility index (Phi) is 4.79. The highest BCUT2D eigenvalue weighted by Crippen LogP contribution is 2.45. The van der Waals surface area contributed by atoms with Gasteiger partial charge >= 0.3 is 0 Å². The second-order valence-electron chi connectivity index (χ2n) is 7.88. The highest BCUT2D eigenvalue weighted by molar-refractivity contribution is 6.09. The minimum absolute atomic E-state index is 0.0883. The molecule has 2 aliphatic rings. The summed E-state index contributed by atoms with van der Waals surface area (Å²) in [5, 5.41) is 1.00. The third-order valence-electron chi connectivity index (χ3n) is 5.93. The number of fused-ring (bicyclic) bond motifs is 4. The van der Waals surface area contributed by atoms with Crippen LogP contribution in [0.3, 0.4) is 0 Å². The van der Waals surface area contributed by atoms with Gasteiger partial charge in [0.25, 0.3) is 12.4 Å². The van der Waals surface area contributed by atoms with Crippen LogP contribution in [0.2, 0.25) is 0 Å². The van der Waals surface area contributed by atoms with Crippen LogP contribution in [-0.4, -0.2) is 23.9 Å². The number of hydrogen-bond acceptors (Lipinski definition) is 3. The Hall–Kier alpha value is -3.86. The molecule has 1 N–H and O–H groups in total. The van der Waals surface area contributed by atoms with Gasteiger partial charge in [-0.05, 0) is 29.7 Å². The number of allylic oxidation sites excluding steroid dienone is 5. The molecule has 2 aromatic carbocycles. The maximum atomic E-state index is 13.5. The molecular formula is C26H22N2O3. The van der Waals surface area contributed by atoms with Crippen molar-refractivity contribution < 1.29 is 14.3 Å². The van der Waals surface area contributed by atoms with Gasteiger partial charge in [-0.2, -0.15) is 0 Å². The molecule has 1 aromatic heterocycles. The van der Waals surface area contributed by atoms with Crippen LogP contribution in [0, 0.1) is 0 Å². The number of anilines is 1. The van der Waals surface area contributed by atoms with E-state index in [1.54, 1.807) is 4.90 Å². The largest absolute Gasteiger partial charge is 0.428 e. The number of hydrogen-bond donors (Lipinski definition) is 1. The van der Waals surface area contributed by atoms with Gasteiger partial charge in [0.05, 0.1) is 5.69 Å². The van der Waals surface area contributed by atoms with Crippen molar-refractivity contribution in [2.75, 3.05) is 11.4 Å². The number of aromatic nitrogens is 1. The van der Waals surface area contributed by atoms with Gasteiger partial charge in [0, 0.05) is 35.0 Å². The molecule has 0 saturated carbocycles. The maximum Gasteiger partial charge on any atom is 0.298 e. The number of ether oxygens (including phenoxy) is 1. The Labute approximate surface area is 180 Å². The first-order valence-corrected chi connectivity index (χ1v) is 10.4. The van der Waals surface area contributed by atoms with Crippen molar-refractivity contribution in [2.24, 2.45) is 0 Å².